The first-order chi connectivity index (χ1) is 5.42. The van der Waals surface area contributed by atoms with Crippen molar-refractivity contribution < 1.29 is 4.79 Å². The molecule has 0 radical (unpaired) electrons. The van der Waals surface area contributed by atoms with Gasteiger partial charge in [-0.25, -0.2) is 0 Å². The molecule has 0 spiro atoms. The van der Waals surface area contributed by atoms with Gasteiger partial charge in [0.15, 0.2) is 0 Å². The second-order valence-corrected chi connectivity index (χ2v) is 3.72. The molecule has 0 aromatic rings. The van der Waals surface area contributed by atoms with Crippen molar-refractivity contribution in [2.75, 3.05) is 0 Å². The quantitative estimate of drug-likeness (QED) is 0.413. The molecule has 11 heavy (non-hydrogen) atoms. The molecular weight excluding hydrogens is 136 g/mol. The van der Waals surface area contributed by atoms with E-state index in [2.05, 4.69) is 12.2 Å². The molecule has 1 fully saturated rings. The van der Waals surface area contributed by atoms with Gasteiger partial charge < -0.3 is 4.79 Å². The standard InChI is InChI=1S/C10H14O/c11-7-9-5-1-3-8-4-2-6-10(8)9/h2,4,7-10H,1,3,5-6H2. The van der Waals surface area contributed by atoms with E-state index in [0.29, 0.717) is 11.8 Å². The van der Waals surface area contributed by atoms with Crippen LogP contribution in [0.25, 0.3) is 0 Å². The van der Waals surface area contributed by atoms with Crippen LogP contribution < -0.4 is 0 Å². The SMILES string of the molecule is O=CC1CCCC2C=CCC12. The summed E-state index contributed by atoms with van der Waals surface area (Å²) in [6, 6.07) is 0. The fourth-order valence-electron chi connectivity index (χ4n) is 2.50. The summed E-state index contributed by atoms with van der Waals surface area (Å²) in [6.45, 7) is 0. The fraction of sp³-hybridized carbons (Fsp3) is 0.700. The van der Waals surface area contributed by atoms with Gasteiger partial charge in [0.25, 0.3) is 0 Å². The van der Waals surface area contributed by atoms with Crippen LogP contribution in [0.3, 0.4) is 0 Å². The van der Waals surface area contributed by atoms with Gasteiger partial charge in [-0.15, -0.1) is 0 Å². The van der Waals surface area contributed by atoms with Crippen LogP contribution in [0.5, 0.6) is 0 Å². The minimum atomic E-state index is 0.365. The molecule has 0 aromatic heterocycles. The second kappa shape index (κ2) is 2.80. The van der Waals surface area contributed by atoms with Crippen molar-refractivity contribution in [3.05, 3.63) is 12.2 Å². The Morgan fingerprint density at radius 2 is 2.27 bits per heavy atom. The van der Waals surface area contributed by atoms with Crippen molar-refractivity contribution >= 4 is 6.29 Å². The third kappa shape index (κ3) is 1.13. The molecule has 0 amide bonds. The van der Waals surface area contributed by atoms with Crippen LogP contribution in [0.2, 0.25) is 0 Å². The number of carbonyl (C=O) groups excluding carboxylic acids is 1. The molecule has 0 N–H and O–H groups in total. The zero-order valence-corrected chi connectivity index (χ0v) is 6.70. The summed E-state index contributed by atoms with van der Waals surface area (Å²) in [5, 5.41) is 0. The molecule has 1 heteroatoms. The van der Waals surface area contributed by atoms with Gasteiger partial charge in [-0.3, -0.25) is 0 Å². The number of fused-ring (bicyclic) bond motifs is 1. The van der Waals surface area contributed by atoms with Gasteiger partial charge in [0, 0.05) is 5.92 Å². The largest absolute Gasteiger partial charge is 0.303 e. The molecule has 0 heterocycles. The average molecular weight is 150 g/mol. The number of hydrogen-bond donors (Lipinski definition) is 0. The van der Waals surface area contributed by atoms with Crippen LogP contribution >= 0.6 is 0 Å². The Morgan fingerprint density at radius 1 is 1.36 bits per heavy atom. The summed E-state index contributed by atoms with van der Waals surface area (Å²) in [7, 11) is 0. The number of carbonyl (C=O) groups is 1. The first-order valence-electron chi connectivity index (χ1n) is 4.54. The van der Waals surface area contributed by atoms with E-state index < -0.39 is 0 Å². The van der Waals surface area contributed by atoms with E-state index in [0.717, 1.165) is 18.8 Å². The molecule has 60 valence electrons. The maximum Gasteiger partial charge on any atom is 0.123 e. The van der Waals surface area contributed by atoms with Crippen molar-refractivity contribution in [3.8, 4) is 0 Å². The van der Waals surface area contributed by atoms with Gasteiger partial charge in [-0.05, 0) is 31.1 Å². The minimum Gasteiger partial charge on any atom is -0.303 e. The molecule has 3 atom stereocenters. The normalized spacial score (nSPS) is 42.0. The summed E-state index contributed by atoms with van der Waals surface area (Å²) in [5.41, 5.74) is 0. The van der Waals surface area contributed by atoms with Gasteiger partial charge in [0.05, 0.1) is 0 Å². The van der Waals surface area contributed by atoms with E-state index in [4.69, 9.17) is 0 Å². The number of rotatable bonds is 1. The topological polar surface area (TPSA) is 17.1 Å². The first kappa shape index (κ1) is 7.08. The predicted octanol–water partition coefficient (Wildman–Crippen LogP) is 2.18. The van der Waals surface area contributed by atoms with Gasteiger partial charge >= 0.3 is 0 Å². The zero-order valence-electron chi connectivity index (χ0n) is 6.70. The number of allylic oxidation sites excluding steroid dienone is 2. The van der Waals surface area contributed by atoms with Crippen LogP contribution in [0, 0.1) is 17.8 Å². The van der Waals surface area contributed by atoms with Gasteiger partial charge in [0.1, 0.15) is 6.29 Å². The van der Waals surface area contributed by atoms with Crippen LogP contribution in [-0.4, -0.2) is 6.29 Å². The molecule has 0 saturated heterocycles. The minimum absolute atomic E-state index is 0.365. The Kier molecular flexibility index (Phi) is 1.80. The summed E-state index contributed by atoms with van der Waals surface area (Å²) in [6.07, 6.45) is 10.6. The molecule has 0 aromatic carbocycles. The highest BCUT2D eigenvalue weighted by Gasteiger charge is 2.33. The molecule has 0 aliphatic heterocycles. The Bertz CT molecular complexity index is 183. The molecule has 2 aliphatic carbocycles. The number of aldehydes is 1. The van der Waals surface area contributed by atoms with E-state index in [1.54, 1.807) is 0 Å². The lowest BCUT2D eigenvalue weighted by molar-refractivity contribution is -0.113. The molecular formula is C10H14O. The molecule has 3 unspecified atom stereocenters. The number of hydrogen-bond acceptors (Lipinski definition) is 1. The van der Waals surface area contributed by atoms with Crippen LogP contribution in [0.1, 0.15) is 25.7 Å². The zero-order chi connectivity index (χ0) is 7.68. The first-order valence-corrected chi connectivity index (χ1v) is 4.54. The molecule has 2 rings (SSSR count). The predicted molar refractivity (Wildman–Crippen MR) is 44.1 cm³/mol. The Hall–Kier alpha value is -0.590. The van der Waals surface area contributed by atoms with E-state index in [9.17, 15) is 4.79 Å². The Balaban J connectivity index is 2.09. The summed E-state index contributed by atoms with van der Waals surface area (Å²) >= 11 is 0. The summed E-state index contributed by atoms with van der Waals surface area (Å²) < 4.78 is 0. The maximum atomic E-state index is 10.7. The van der Waals surface area contributed by atoms with Crippen molar-refractivity contribution in [2.24, 2.45) is 17.8 Å². The Morgan fingerprint density at radius 3 is 3.09 bits per heavy atom. The average Bonchev–Trinajstić information content (AvgIpc) is 2.50. The van der Waals surface area contributed by atoms with E-state index in [1.807, 2.05) is 0 Å². The molecule has 0 bridgehead atoms. The van der Waals surface area contributed by atoms with E-state index in [1.165, 1.54) is 19.1 Å². The van der Waals surface area contributed by atoms with Crippen molar-refractivity contribution in [3.63, 3.8) is 0 Å². The molecule has 1 nitrogen and oxygen atoms in total. The second-order valence-electron chi connectivity index (χ2n) is 3.72. The van der Waals surface area contributed by atoms with Crippen LogP contribution in [0.4, 0.5) is 0 Å². The monoisotopic (exact) mass is 150 g/mol. The van der Waals surface area contributed by atoms with Crippen LogP contribution in [0.15, 0.2) is 12.2 Å². The van der Waals surface area contributed by atoms with Crippen molar-refractivity contribution in [2.45, 2.75) is 25.7 Å². The molecule has 2 aliphatic rings. The summed E-state index contributed by atoms with van der Waals surface area (Å²) in [5.74, 6) is 1.77. The lowest BCUT2D eigenvalue weighted by Gasteiger charge is -2.29. The van der Waals surface area contributed by atoms with Crippen molar-refractivity contribution in [1.29, 1.82) is 0 Å². The lowest BCUT2D eigenvalue weighted by atomic mass is 9.74. The van der Waals surface area contributed by atoms with Gasteiger partial charge in [-0.2, -0.15) is 0 Å². The van der Waals surface area contributed by atoms with Gasteiger partial charge in [-0.1, -0.05) is 18.6 Å². The highest BCUT2D eigenvalue weighted by molar-refractivity contribution is 5.54. The fourth-order valence-corrected chi connectivity index (χ4v) is 2.50. The maximum absolute atomic E-state index is 10.7. The third-order valence-corrected chi connectivity index (χ3v) is 3.14. The summed E-state index contributed by atoms with van der Waals surface area (Å²) in [4.78, 5) is 10.7. The third-order valence-electron chi connectivity index (χ3n) is 3.14. The van der Waals surface area contributed by atoms with Crippen LogP contribution in [-0.2, 0) is 4.79 Å². The molecule has 1 saturated carbocycles. The van der Waals surface area contributed by atoms with Gasteiger partial charge in [0.2, 0.25) is 0 Å². The highest BCUT2D eigenvalue weighted by Crippen LogP contribution is 2.40. The lowest BCUT2D eigenvalue weighted by Crippen LogP contribution is -2.25. The van der Waals surface area contributed by atoms with Crippen molar-refractivity contribution in [1.82, 2.24) is 0 Å². The van der Waals surface area contributed by atoms with E-state index in [-0.39, 0.29) is 0 Å². The van der Waals surface area contributed by atoms with E-state index >= 15 is 0 Å². The smallest absolute Gasteiger partial charge is 0.123 e. The highest BCUT2D eigenvalue weighted by atomic mass is 16.1. The Labute approximate surface area is 67.5 Å².